The van der Waals surface area contributed by atoms with Crippen LogP contribution in [0.5, 0.6) is 5.75 Å². The monoisotopic (exact) mass is 121 g/mol. The van der Waals surface area contributed by atoms with Gasteiger partial charge in [-0.25, -0.2) is 0 Å². The van der Waals surface area contributed by atoms with Gasteiger partial charge in [-0.2, -0.15) is 0 Å². The number of nitrogens with zero attached hydrogens (tertiary/aromatic N) is 1. The van der Waals surface area contributed by atoms with Gasteiger partial charge in [0, 0.05) is 24.5 Å². The van der Waals surface area contributed by atoms with E-state index >= 15 is 0 Å². The summed E-state index contributed by atoms with van der Waals surface area (Å²) in [5.41, 5.74) is 1.09. The van der Waals surface area contributed by atoms with Crippen LogP contribution in [0, 0.1) is 0 Å². The molecule has 46 valence electrons. The van der Waals surface area contributed by atoms with Gasteiger partial charge in [0.1, 0.15) is 5.75 Å². The highest BCUT2D eigenvalue weighted by Crippen LogP contribution is 2.19. The molecular weight excluding hydrogens is 114 g/mol. The molecule has 0 amide bonds. The standard InChI is InChI=1S/C7H7NO/c9-7-4-6-2-1-3-8(6)5-7/h1-2,4-5,9H,3H2. The van der Waals surface area contributed by atoms with E-state index in [2.05, 4.69) is 6.08 Å². The number of fused-ring (bicyclic) bond motifs is 1. The molecular formula is C7H7NO. The molecule has 0 fully saturated rings. The van der Waals surface area contributed by atoms with Gasteiger partial charge in [0.05, 0.1) is 0 Å². The van der Waals surface area contributed by atoms with E-state index in [9.17, 15) is 0 Å². The maximum Gasteiger partial charge on any atom is 0.133 e. The molecule has 0 atom stereocenters. The molecule has 1 aromatic rings. The van der Waals surface area contributed by atoms with E-state index in [0.29, 0.717) is 5.75 Å². The molecule has 0 saturated heterocycles. The van der Waals surface area contributed by atoms with Crippen molar-refractivity contribution in [2.45, 2.75) is 6.54 Å². The van der Waals surface area contributed by atoms with E-state index < -0.39 is 0 Å². The van der Waals surface area contributed by atoms with Gasteiger partial charge in [0.2, 0.25) is 0 Å². The van der Waals surface area contributed by atoms with E-state index in [1.54, 1.807) is 12.3 Å². The van der Waals surface area contributed by atoms with Crippen molar-refractivity contribution in [3.05, 3.63) is 24.0 Å². The molecule has 0 bridgehead atoms. The summed E-state index contributed by atoms with van der Waals surface area (Å²) in [5.74, 6) is 0.356. The molecule has 0 radical (unpaired) electrons. The van der Waals surface area contributed by atoms with Crippen molar-refractivity contribution in [1.29, 1.82) is 0 Å². The molecule has 0 unspecified atom stereocenters. The molecule has 2 rings (SSSR count). The Labute approximate surface area is 53.0 Å². The average molecular weight is 121 g/mol. The van der Waals surface area contributed by atoms with Crippen molar-refractivity contribution >= 4 is 6.08 Å². The summed E-state index contributed by atoms with van der Waals surface area (Å²) in [6.45, 7) is 0.899. The largest absolute Gasteiger partial charge is 0.506 e. The van der Waals surface area contributed by atoms with Gasteiger partial charge >= 0.3 is 0 Å². The summed E-state index contributed by atoms with van der Waals surface area (Å²) in [6, 6.07) is 1.75. The minimum atomic E-state index is 0.356. The fourth-order valence-corrected chi connectivity index (χ4v) is 1.09. The Morgan fingerprint density at radius 3 is 3.22 bits per heavy atom. The lowest BCUT2D eigenvalue weighted by molar-refractivity contribution is 0.474. The summed E-state index contributed by atoms with van der Waals surface area (Å²) < 4.78 is 2.00. The summed E-state index contributed by atoms with van der Waals surface area (Å²) in [5, 5.41) is 8.94. The molecule has 1 N–H and O–H groups in total. The Hall–Kier alpha value is -1.18. The van der Waals surface area contributed by atoms with Gasteiger partial charge in [-0.1, -0.05) is 6.08 Å². The van der Waals surface area contributed by atoms with Crippen LogP contribution in [0.15, 0.2) is 18.3 Å². The minimum Gasteiger partial charge on any atom is -0.506 e. The van der Waals surface area contributed by atoms with Crippen molar-refractivity contribution in [1.82, 2.24) is 4.57 Å². The van der Waals surface area contributed by atoms with Crippen molar-refractivity contribution < 1.29 is 5.11 Å². The van der Waals surface area contributed by atoms with Crippen LogP contribution < -0.4 is 0 Å². The van der Waals surface area contributed by atoms with Gasteiger partial charge < -0.3 is 9.67 Å². The Balaban J connectivity index is 2.61. The van der Waals surface area contributed by atoms with Crippen LogP contribution >= 0.6 is 0 Å². The molecule has 2 nitrogen and oxygen atoms in total. The number of aromatic hydroxyl groups is 1. The number of allylic oxidation sites excluding steroid dienone is 1. The molecule has 1 aliphatic rings. The lowest BCUT2D eigenvalue weighted by Crippen LogP contribution is -1.87. The molecule has 0 aliphatic carbocycles. The highest BCUT2D eigenvalue weighted by Gasteiger charge is 2.04. The Bertz CT molecular complexity index is 260. The molecule has 0 spiro atoms. The second-order valence-corrected chi connectivity index (χ2v) is 2.18. The second kappa shape index (κ2) is 1.41. The zero-order valence-electron chi connectivity index (χ0n) is 4.91. The van der Waals surface area contributed by atoms with Gasteiger partial charge in [-0.05, 0) is 6.08 Å². The maximum absolute atomic E-state index is 8.94. The quantitative estimate of drug-likeness (QED) is 0.548. The third-order valence-electron chi connectivity index (χ3n) is 1.51. The van der Waals surface area contributed by atoms with E-state index in [1.165, 1.54) is 0 Å². The molecule has 9 heavy (non-hydrogen) atoms. The zero-order chi connectivity index (χ0) is 6.27. The Morgan fingerprint density at radius 2 is 2.44 bits per heavy atom. The first kappa shape index (κ1) is 4.68. The smallest absolute Gasteiger partial charge is 0.133 e. The lowest BCUT2D eigenvalue weighted by Gasteiger charge is -1.90. The summed E-state index contributed by atoms with van der Waals surface area (Å²) in [7, 11) is 0. The lowest BCUT2D eigenvalue weighted by atomic mass is 10.4. The Morgan fingerprint density at radius 1 is 1.56 bits per heavy atom. The van der Waals surface area contributed by atoms with Gasteiger partial charge in [-0.3, -0.25) is 0 Å². The zero-order valence-corrected chi connectivity index (χ0v) is 4.91. The molecule has 2 heteroatoms. The van der Waals surface area contributed by atoms with Crippen LogP contribution in [0.2, 0.25) is 0 Å². The van der Waals surface area contributed by atoms with Crippen LogP contribution in [0.3, 0.4) is 0 Å². The topological polar surface area (TPSA) is 25.2 Å². The highest BCUT2D eigenvalue weighted by molar-refractivity contribution is 5.52. The van der Waals surface area contributed by atoms with E-state index in [0.717, 1.165) is 12.2 Å². The molecule has 2 heterocycles. The maximum atomic E-state index is 8.94. The fourth-order valence-electron chi connectivity index (χ4n) is 1.09. The SMILES string of the molecule is Oc1cc2n(c1)CC=C2. The number of rotatable bonds is 0. The van der Waals surface area contributed by atoms with E-state index in [1.807, 2.05) is 10.6 Å². The molecule has 1 aromatic heterocycles. The van der Waals surface area contributed by atoms with Gasteiger partial charge in [-0.15, -0.1) is 0 Å². The van der Waals surface area contributed by atoms with Crippen LogP contribution in [-0.2, 0) is 6.54 Å². The average Bonchev–Trinajstić information content (AvgIpc) is 2.22. The summed E-state index contributed by atoms with van der Waals surface area (Å²) in [4.78, 5) is 0. The summed E-state index contributed by atoms with van der Waals surface area (Å²) in [6.07, 6.45) is 5.80. The van der Waals surface area contributed by atoms with Crippen LogP contribution in [0.25, 0.3) is 6.08 Å². The molecule has 0 saturated carbocycles. The normalized spacial score (nSPS) is 14.2. The van der Waals surface area contributed by atoms with Crippen LogP contribution in [0.4, 0.5) is 0 Å². The van der Waals surface area contributed by atoms with Crippen molar-refractivity contribution in [2.75, 3.05) is 0 Å². The van der Waals surface area contributed by atoms with Gasteiger partial charge in [0.25, 0.3) is 0 Å². The van der Waals surface area contributed by atoms with Gasteiger partial charge in [0.15, 0.2) is 0 Å². The van der Waals surface area contributed by atoms with Crippen LogP contribution in [-0.4, -0.2) is 9.67 Å². The molecule has 1 aliphatic heterocycles. The first-order valence-electron chi connectivity index (χ1n) is 2.92. The third-order valence-corrected chi connectivity index (χ3v) is 1.51. The van der Waals surface area contributed by atoms with Crippen molar-refractivity contribution in [3.63, 3.8) is 0 Å². The highest BCUT2D eigenvalue weighted by atomic mass is 16.3. The number of hydrogen-bond acceptors (Lipinski definition) is 1. The minimum absolute atomic E-state index is 0.356. The second-order valence-electron chi connectivity index (χ2n) is 2.18. The predicted octanol–water partition coefficient (Wildman–Crippen LogP) is 1.22. The predicted molar refractivity (Wildman–Crippen MR) is 35.1 cm³/mol. The number of hydrogen-bond donors (Lipinski definition) is 1. The van der Waals surface area contributed by atoms with E-state index in [-0.39, 0.29) is 0 Å². The van der Waals surface area contributed by atoms with Crippen molar-refractivity contribution in [2.24, 2.45) is 0 Å². The summed E-state index contributed by atoms with van der Waals surface area (Å²) >= 11 is 0. The Kier molecular flexibility index (Phi) is 0.730. The first-order valence-corrected chi connectivity index (χ1v) is 2.92. The third kappa shape index (κ3) is 0.560. The van der Waals surface area contributed by atoms with E-state index in [4.69, 9.17) is 5.11 Å². The van der Waals surface area contributed by atoms with Crippen molar-refractivity contribution in [3.8, 4) is 5.75 Å². The first-order chi connectivity index (χ1) is 4.36. The fraction of sp³-hybridized carbons (Fsp3) is 0.143. The molecule has 0 aromatic carbocycles. The van der Waals surface area contributed by atoms with Crippen LogP contribution in [0.1, 0.15) is 5.69 Å². The number of aromatic nitrogens is 1.